The molecule has 0 bridgehead atoms. The molecule has 0 radical (unpaired) electrons. The summed E-state index contributed by atoms with van der Waals surface area (Å²) in [6, 6.07) is 7.88. The first-order valence-corrected chi connectivity index (χ1v) is 7.59. The SMILES string of the molecule is C=CCNC1CCC2c3cccc(C)c3N(CC=C)C12. The lowest BCUT2D eigenvalue weighted by atomic mass is 9.96. The average Bonchev–Trinajstić information content (AvgIpc) is 2.98. The molecule has 0 amide bonds. The molecule has 2 nitrogen and oxygen atoms in total. The minimum Gasteiger partial charge on any atom is -0.362 e. The van der Waals surface area contributed by atoms with Crippen molar-refractivity contribution in [2.75, 3.05) is 18.0 Å². The molecule has 1 aliphatic carbocycles. The monoisotopic (exact) mass is 268 g/mol. The highest BCUT2D eigenvalue weighted by Gasteiger charge is 2.46. The lowest BCUT2D eigenvalue weighted by molar-refractivity contribution is 0.473. The van der Waals surface area contributed by atoms with Gasteiger partial charge in [0.1, 0.15) is 0 Å². The number of benzene rings is 1. The Morgan fingerprint density at radius 1 is 1.30 bits per heavy atom. The fourth-order valence-electron chi connectivity index (χ4n) is 4.09. The Morgan fingerprint density at radius 2 is 2.15 bits per heavy atom. The highest BCUT2D eigenvalue weighted by Crippen LogP contribution is 2.50. The topological polar surface area (TPSA) is 15.3 Å². The normalized spacial score (nSPS) is 27.2. The third-order valence-electron chi connectivity index (χ3n) is 4.78. The van der Waals surface area contributed by atoms with Crippen molar-refractivity contribution in [2.45, 2.75) is 37.8 Å². The van der Waals surface area contributed by atoms with E-state index in [-0.39, 0.29) is 0 Å². The van der Waals surface area contributed by atoms with Crippen molar-refractivity contribution in [3.8, 4) is 0 Å². The van der Waals surface area contributed by atoms with Crippen LogP contribution in [0.4, 0.5) is 5.69 Å². The predicted octanol–water partition coefficient (Wildman–Crippen LogP) is 3.39. The molecule has 0 spiro atoms. The first-order valence-electron chi connectivity index (χ1n) is 7.59. The number of nitrogens with zero attached hydrogens (tertiary/aromatic N) is 1. The summed E-state index contributed by atoms with van der Waals surface area (Å²) in [7, 11) is 0. The summed E-state index contributed by atoms with van der Waals surface area (Å²) in [6.07, 6.45) is 6.52. The van der Waals surface area contributed by atoms with E-state index < -0.39 is 0 Å². The molecule has 0 saturated heterocycles. The lowest BCUT2D eigenvalue weighted by Crippen LogP contribution is -2.46. The minimum absolute atomic E-state index is 0.560. The second kappa shape index (κ2) is 5.45. The predicted molar refractivity (Wildman–Crippen MR) is 86.5 cm³/mol. The third kappa shape index (κ3) is 1.99. The van der Waals surface area contributed by atoms with Crippen LogP contribution in [-0.2, 0) is 0 Å². The smallest absolute Gasteiger partial charge is 0.0516 e. The molecule has 3 unspecified atom stereocenters. The van der Waals surface area contributed by atoms with Gasteiger partial charge < -0.3 is 10.2 Å². The summed E-state index contributed by atoms with van der Waals surface area (Å²) < 4.78 is 0. The standard InChI is InChI=1S/C18H24N2/c1-4-11-19-16-10-9-15-14-8-6-7-13(3)17(14)20(12-5-2)18(15)16/h4-8,15-16,18-19H,1-2,9-12H2,3H3. The second-order valence-corrected chi connectivity index (χ2v) is 5.93. The average molecular weight is 268 g/mol. The van der Waals surface area contributed by atoms with E-state index >= 15 is 0 Å². The quantitative estimate of drug-likeness (QED) is 0.824. The number of hydrogen-bond acceptors (Lipinski definition) is 2. The van der Waals surface area contributed by atoms with Crippen molar-refractivity contribution in [2.24, 2.45) is 0 Å². The molecule has 1 aliphatic heterocycles. The fraction of sp³-hybridized carbons (Fsp3) is 0.444. The summed E-state index contributed by atoms with van der Waals surface area (Å²) in [5.74, 6) is 0.673. The van der Waals surface area contributed by atoms with Crippen LogP contribution >= 0.6 is 0 Å². The number of aryl methyl sites for hydroxylation is 1. The van der Waals surface area contributed by atoms with E-state index in [0.717, 1.165) is 13.1 Å². The molecule has 1 fully saturated rings. The summed E-state index contributed by atoms with van der Waals surface area (Å²) in [6.45, 7) is 11.8. The van der Waals surface area contributed by atoms with Crippen LogP contribution in [0.1, 0.15) is 29.9 Å². The molecular weight excluding hydrogens is 244 g/mol. The van der Waals surface area contributed by atoms with Gasteiger partial charge in [-0.05, 0) is 30.9 Å². The van der Waals surface area contributed by atoms with Crippen molar-refractivity contribution < 1.29 is 0 Å². The van der Waals surface area contributed by atoms with E-state index in [1.165, 1.54) is 24.1 Å². The Kier molecular flexibility index (Phi) is 3.66. The summed E-state index contributed by atoms with van der Waals surface area (Å²) in [4.78, 5) is 2.57. The number of anilines is 1. The van der Waals surface area contributed by atoms with Gasteiger partial charge in [0, 0.05) is 30.7 Å². The van der Waals surface area contributed by atoms with Crippen LogP contribution in [0.25, 0.3) is 0 Å². The molecule has 3 atom stereocenters. The zero-order valence-electron chi connectivity index (χ0n) is 12.3. The summed E-state index contributed by atoms with van der Waals surface area (Å²) in [5, 5.41) is 3.65. The maximum Gasteiger partial charge on any atom is 0.0516 e. The van der Waals surface area contributed by atoms with Gasteiger partial charge in [-0.25, -0.2) is 0 Å². The Labute approximate surface area is 122 Å². The van der Waals surface area contributed by atoms with Gasteiger partial charge in [-0.1, -0.05) is 30.4 Å². The molecule has 1 heterocycles. The summed E-state index contributed by atoms with van der Waals surface area (Å²) in [5.41, 5.74) is 4.38. The molecule has 1 saturated carbocycles. The molecule has 1 aromatic rings. The first kappa shape index (κ1) is 13.4. The number of para-hydroxylation sites is 1. The Balaban J connectivity index is 1.96. The molecule has 1 N–H and O–H groups in total. The molecule has 20 heavy (non-hydrogen) atoms. The van der Waals surface area contributed by atoms with Crippen molar-refractivity contribution in [1.82, 2.24) is 5.32 Å². The minimum atomic E-state index is 0.560. The van der Waals surface area contributed by atoms with Gasteiger partial charge in [-0.3, -0.25) is 0 Å². The van der Waals surface area contributed by atoms with Crippen molar-refractivity contribution in [3.05, 3.63) is 54.6 Å². The Morgan fingerprint density at radius 3 is 2.90 bits per heavy atom. The number of hydrogen-bond donors (Lipinski definition) is 1. The van der Waals surface area contributed by atoms with E-state index in [0.29, 0.717) is 18.0 Å². The van der Waals surface area contributed by atoms with Crippen LogP contribution in [0.2, 0.25) is 0 Å². The maximum absolute atomic E-state index is 3.95. The number of fused-ring (bicyclic) bond motifs is 3. The van der Waals surface area contributed by atoms with Gasteiger partial charge in [-0.2, -0.15) is 0 Å². The van der Waals surface area contributed by atoms with Crippen molar-refractivity contribution >= 4 is 5.69 Å². The maximum atomic E-state index is 3.95. The molecule has 0 aromatic heterocycles. The zero-order chi connectivity index (χ0) is 14.1. The molecule has 106 valence electrons. The van der Waals surface area contributed by atoms with Crippen LogP contribution in [0.5, 0.6) is 0 Å². The highest BCUT2D eigenvalue weighted by atomic mass is 15.2. The Hall–Kier alpha value is -1.54. The molecular formula is C18H24N2. The van der Waals surface area contributed by atoms with Crippen molar-refractivity contribution in [3.63, 3.8) is 0 Å². The largest absolute Gasteiger partial charge is 0.362 e. The lowest BCUT2D eigenvalue weighted by Gasteiger charge is -2.32. The van der Waals surface area contributed by atoms with Gasteiger partial charge in [0.15, 0.2) is 0 Å². The van der Waals surface area contributed by atoms with Crippen LogP contribution in [-0.4, -0.2) is 25.2 Å². The second-order valence-electron chi connectivity index (χ2n) is 5.93. The summed E-state index contributed by atoms with van der Waals surface area (Å²) >= 11 is 0. The van der Waals surface area contributed by atoms with Crippen LogP contribution in [0.15, 0.2) is 43.5 Å². The highest BCUT2D eigenvalue weighted by molar-refractivity contribution is 5.67. The molecule has 3 rings (SSSR count). The van der Waals surface area contributed by atoms with E-state index in [4.69, 9.17) is 0 Å². The van der Waals surface area contributed by atoms with E-state index in [9.17, 15) is 0 Å². The van der Waals surface area contributed by atoms with Gasteiger partial charge in [0.05, 0.1) is 6.04 Å². The van der Waals surface area contributed by atoms with Crippen LogP contribution < -0.4 is 10.2 Å². The third-order valence-corrected chi connectivity index (χ3v) is 4.78. The van der Waals surface area contributed by atoms with Crippen molar-refractivity contribution in [1.29, 1.82) is 0 Å². The number of nitrogens with one attached hydrogen (secondary N) is 1. The molecule has 2 heteroatoms. The van der Waals surface area contributed by atoms with Gasteiger partial charge in [0.25, 0.3) is 0 Å². The first-order chi connectivity index (χ1) is 9.77. The van der Waals surface area contributed by atoms with E-state index in [1.807, 2.05) is 12.2 Å². The number of rotatable bonds is 5. The molecule has 1 aromatic carbocycles. The van der Waals surface area contributed by atoms with Crippen LogP contribution in [0.3, 0.4) is 0 Å². The van der Waals surface area contributed by atoms with E-state index in [1.54, 1.807) is 5.56 Å². The molecule has 2 aliphatic rings. The zero-order valence-corrected chi connectivity index (χ0v) is 12.3. The van der Waals surface area contributed by atoms with Gasteiger partial charge >= 0.3 is 0 Å². The fourth-order valence-corrected chi connectivity index (χ4v) is 4.09. The van der Waals surface area contributed by atoms with Gasteiger partial charge in [0.2, 0.25) is 0 Å². The van der Waals surface area contributed by atoms with Gasteiger partial charge in [-0.15, -0.1) is 13.2 Å². The Bertz CT molecular complexity index is 520. The van der Waals surface area contributed by atoms with E-state index in [2.05, 4.69) is 48.5 Å². The van der Waals surface area contributed by atoms with Crippen LogP contribution in [0, 0.1) is 6.92 Å².